The molecule has 0 aromatic heterocycles. The van der Waals surface area contributed by atoms with E-state index in [1.165, 1.54) is 0 Å². The van der Waals surface area contributed by atoms with Gasteiger partial charge in [0.05, 0.1) is 6.61 Å². The van der Waals surface area contributed by atoms with Crippen LogP contribution >= 0.6 is 0 Å². The third kappa shape index (κ3) is 4.33. The van der Waals surface area contributed by atoms with E-state index in [4.69, 9.17) is 9.47 Å². The molecule has 2 rings (SSSR count). The molecule has 1 N–H and O–H groups in total. The lowest BCUT2D eigenvalue weighted by atomic mass is 9.88. The number of hydrogen-bond acceptors (Lipinski definition) is 4. The van der Waals surface area contributed by atoms with E-state index in [-0.39, 0.29) is 5.54 Å². The lowest BCUT2D eigenvalue weighted by Crippen LogP contribution is -2.57. The molecule has 2 aliphatic heterocycles. The summed E-state index contributed by atoms with van der Waals surface area (Å²) in [6.07, 6.45) is 3.27. The van der Waals surface area contributed by atoms with Crippen molar-refractivity contribution in [1.29, 1.82) is 0 Å². The maximum atomic E-state index is 5.54. The van der Waals surface area contributed by atoms with Gasteiger partial charge in [-0.25, -0.2) is 0 Å². The van der Waals surface area contributed by atoms with Gasteiger partial charge in [-0.15, -0.1) is 0 Å². The van der Waals surface area contributed by atoms with Crippen LogP contribution in [-0.4, -0.2) is 89.0 Å². The molecule has 0 aliphatic carbocycles. The van der Waals surface area contributed by atoms with E-state index in [2.05, 4.69) is 41.3 Å². The molecule has 1 unspecified atom stereocenters. The largest absolute Gasteiger partial charge is 0.381 e. The summed E-state index contributed by atoms with van der Waals surface area (Å²) >= 11 is 0. The van der Waals surface area contributed by atoms with Gasteiger partial charge in [0.25, 0.3) is 0 Å². The van der Waals surface area contributed by atoms with Crippen molar-refractivity contribution in [3.63, 3.8) is 0 Å². The number of hydrogen-bond donors (Lipinski definition) is 1. The number of nitrogens with zero attached hydrogens (tertiary/aromatic N) is 3. The number of ether oxygens (including phenoxy) is 2. The summed E-state index contributed by atoms with van der Waals surface area (Å²) in [7, 11) is 8.29. The molecular weight excluding hydrogens is 280 g/mol. The Kier molecular flexibility index (Phi) is 6.47. The zero-order valence-electron chi connectivity index (χ0n) is 14.6. The van der Waals surface area contributed by atoms with E-state index in [0.717, 1.165) is 64.7 Å². The maximum absolute atomic E-state index is 5.54. The zero-order chi connectivity index (χ0) is 16.0. The van der Waals surface area contributed by atoms with Gasteiger partial charge < -0.3 is 24.6 Å². The Bertz CT molecular complexity index is 361. The summed E-state index contributed by atoms with van der Waals surface area (Å²) in [5.41, 5.74) is 0.158. The molecule has 0 saturated carbocycles. The Hall–Kier alpha value is -0.850. The molecule has 6 heteroatoms. The van der Waals surface area contributed by atoms with Crippen LogP contribution in [0.2, 0.25) is 0 Å². The fourth-order valence-corrected chi connectivity index (χ4v) is 3.36. The fourth-order valence-electron chi connectivity index (χ4n) is 3.36. The molecule has 0 bridgehead atoms. The van der Waals surface area contributed by atoms with Crippen molar-refractivity contribution in [2.75, 3.05) is 67.7 Å². The Labute approximate surface area is 134 Å². The molecule has 6 nitrogen and oxygen atoms in total. The van der Waals surface area contributed by atoms with Gasteiger partial charge in [0.15, 0.2) is 5.96 Å². The second-order valence-corrected chi connectivity index (χ2v) is 6.74. The van der Waals surface area contributed by atoms with Crippen LogP contribution in [0.25, 0.3) is 0 Å². The summed E-state index contributed by atoms with van der Waals surface area (Å²) in [5.74, 6) is 1.59. The van der Waals surface area contributed by atoms with Crippen LogP contribution in [-0.2, 0) is 9.47 Å². The number of rotatable bonds is 5. The second kappa shape index (κ2) is 8.13. The minimum atomic E-state index is 0.158. The van der Waals surface area contributed by atoms with Crippen LogP contribution < -0.4 is 5.32 Å². The summed E-state index contributed by atoms with van der Waals surface area (Å²) < 4.78 is 11.0. The van der Waals surface area contributed by atoms with Crippen LogP contribution in [0.1, 0.15) is 19.3 Å². The van der Waals surface area contributed by atoms with E-state index in [1.807, 2.05) is 7.05 Å². The standard InChI is InChI=1S/C16H32N4O2/c1-17-15(20(4)11-14-5-8-22-12-14)18-13-16(19(2)3)6-9-21-10-7-16/h14H,5-13H2,1-4H3,(H,17,18). The minimum Gasteiger partial charge on any atom is -0.381 e. The Morgan fingerprint density at radius 2 is 1.91 bits per heavy atom. The summed E-state index contributed by atoms with van der Waals surface area (Å²) in [5, 5.41) is 3.57. The van der Waals surface area contributed by atoms with E-state index < -0.39 is 0 Å². The Morgan fingerprint density at radius 1 is 1.18 bits per heavy atom. The smallest absolute Gasteiger partial charge is 0.193 e. The van der Waals surface area contributed by atoms with Gasteiger partial charge in [0.1, 0.15) is 0 Å². The molecule has 2 aliphatic rings. The van der Waals surface area contributed by atoms with Gasteiger partial charge in [-0.05, 0) is 33.4 Å². The molecular formula is C16H32N4O2. The molecule has 0 radical (unpaired) electrons. The van der Waals surface area contributed by atoms with Crippen molar-refractivity contribution in [3.05, 3.63) is 0 Å². The third-order valence-electron chi connectivity index (χ3n) is 5.08. The number of likely N-dealkylation sites (N-methyl/N-ethyl adjacent to an activating group) is 1. The van der Waals surface area contributed by atoms with Crippen molar-refractivity contribution < 1.29 is 9.47 Å². The molecule has 0 aromatic rings. The van der Waals surface area contributed by atoms with Gasteiger partial charge in [-0.2, -0.15) is 0 Å². The second-order valence-electron chi connectivity index (χ2n) is 6.74. The van der Waals surface area contributed by atoms with Gasteiger partial charge in [-0.3, -0.25) is 4.99 Å². The SMILES string of the molecule is CN=C(NCC1(N(C)C)CCOCC1)N(C)CC1CCOC1. The van der Waals surface area contributed by atoms with Crippen LogP contribution in [0.5, 0.6) is 0 Å². The molecule has 0 spiro atoms. The van der Waals surface area contributed by atoms with E-state index >= 15 is 0 Å². The van der Waals surface area contributed by atoms with Gasteiger partial charge in [0, 0.05) is 58.5 Å². The molecule has 0 aromatic carbocycles. The fraction of sp³-hybridized carbons (Fsp3) is 0.938. The zero-order valence-corrected chi connectivity index (χ0v) is 14.6. The van der Waals surface area contributed by atoms with Crippen LogP contribution in [0.4, 0.5) is 0 Å². The highest BCUT2D eigenvalue weighted by atomic mass is 16.5. The average molecular weight is 312 g/mol. The topological polar surface area (TPSA) is 49.3 Å². The van der Waals surface area contributed by atoms with E-state index in [1.54, 1.807) is 0 Å². The highest BCUT2D eigenvalue weighted by molar-refractivity contribution is 5.79. The van der Waals surface area contributed by atoms with E-state index in [9.17, 15) is 0 Å². The monoisotopic (exact) mass is 312 g/mol. The Morgan fingerprint density at radius 3 is 2.45 bits per heavy atom. The lowest BCUT2D eigenvalue weighted by molar-refractivity contribution is -0.00523. The maximum Gasteiger partial charge on any atom is 0.193 e. The predicted molar refractivity (Wildman–Crippen MR) is 89.4 cm³/mol. The first kappa shape index (κ1) is 17.5. The van der Waals surface area contributed by atoms with Gasteiger partial charge in [0.2, 0.25) is 0 Å². The van der Waals surface area contributed by atoms with E-state index in [0.29, 0.717) is 5.92 Å². The van der Waals surface area contributed by atoms with Crippen molar-refractivity contribution in [2.45, 2.75) is 24.8 Å². The van der Waals surface area contributed by atoms with Gasteiger partial charge >= 0.3 is 0 Å². The van der Waals surface area contributed by atoms with Crippen molar-refractivity contribution >= 4 is 5.96 Å². The molecule has 2 heterocycles. The van der Waals surface area contributed by atoms with Crippen molar-refractivity contribution in [2.24, 2.45) is 10.9 Å². The highest BCUT2D eigenvalue weighted by Crippen LogP contribution is 2.25. The normalized spacial score (nSPS) is 25.5. The van der Waals surface area contributed by atoms with Gasteiger partial charge in [-0.1, -0.05) is 0 Å². The molecule has 1 atom stereocenters. The average Bonchev–Trinajstić information content (AvgIpc) is 3.01. The lowest BCUT2D eigenvalue weighted by Gasteiger charge is -2.43. The van der Waals surface area contributed by atoms with Crippen molar-refractivity contribution in [1.82, 2.24) is 15.1 Å². The Balaban J connectivity index is 1.88. The first-order valence-corrected chi connectivity index (χ1v) is 8.32. The summed E-state index contributed by atoms with van der Waals surface area (Å²) in [6.45, 7) is 5.36. The van der Waals surface area contributed by atoms with Crippen LogP contribution in [0.15, 0.2) is 4.99 Å². The van der Waals surface area contributed by atoms with Crippen LogP contribution in [0.3, 0.4) is 0 Å². The number of nitrogens with one attached hydrogen (secondary N) is 1. The minimum absolute atomic E-state index is 0.158. The molecule has 2 fully saturated rings. The molecule has 128 valence electrons. The first-order valence-electron chi connectivity index (χ1n) is 8.32. The van der Waals surface area contributed by atoms with Crippen LogP contribution in [0, 0.1) is 5.92 Å². The molecule has 2 saturated heterocycles. The number of aliphatic imine (C=N–C) groups is 1. The first-order chi connectivity index (χ1) is 10.6. The predicted octanol–water partition coefficient (Wildman–Crippen LogP) is 0.641. The summed E-state index contributed by atoms with van der Waals surface area (Å²) in [6, 6.07) is 0. The molecule has 0 amide bonds. The quantitative estimate of drug-likeness (QED) is 0.596. The molecule has 22 heavy (non-hydrogen) atoms. The third-order valence-corrected chi connectivity index (χ3v) is 5.08. The summed E-state index contributed by atoms with van der Waals surface area (Å²) in [4.78, 5) is 9.00. The number of guanidine groups is 1. The highest BCUT2D eigenvalue weighted by Gasteiger charge is 2.35. The van der Waals surface area contributed by atoms with Crippen molar-refractivity contribution in [3.8, 4) is 0 Å².